The molecule has 8 nitrogen and oxygen atoms in total. The van der Waals surface area contributed by atoms with Crippen molar-refractivity contribution in [2.24, 2.45) is 0 Å². The van der Waals surface area contributed by atoms with Gasteiger partial charge in [-0.3, -0.25) is 4.79 Å². The van der Waals surface area contributed by atoms with Gasteiger partial charge in [0.1, 0.15) is 23.3 Å². The Morgan fingerprint density at radius 3 is 2.87 bits per heavy atom. The van der Waals surface area contributed by atoms with Crippen molar-refractivity contribution in [2.75, 3.05) is 11.9 Å². The molecule has 2 fully saturated rings. The lowest BCUT2D eigenvalue weighted by atomic mass is 9.96. The second-order valence-corrected chi connectivity index (χ2v) is 8.34. The first-order valence-electron chi connectivity index (χ1n) is 10.6. The average molecular weight is 425 g/mol. The van der Waals surface area contributed by atoms with E-state index in [4.69, 9.17) is 4.42 Å². The second-order valence-electron chi connectivity index (χ2n) is 8.34. The Morgan fingerprint density at radius 2 is 2.13 bits per heavy atom. The molecule has 4 atom stereocenters. The summed E-state index contributed by atoms with van der Waals surface area (Å²) < 4.78 is 20.5. The van der Waals surface area contributed by atoms with Crippen LogP contribution in [0.2, 0.25) is 0 Å². The lowest BCUT2D eigenvalue weighted by Gasteiger charge is -2.38. The number of nitrogens with one attached hydrogen (secondary N) is 1. The number of fused-ring (bicyclic) bond motifs is 3. The van der Waals surface area contributed by atoms with Crippen molar-refractivity contribution < 1.29 is 13.9 Å². The molecule has 2 saturated heterocycles. The third kappa shape index (κ3) is 3.42. The normalized spacial score (nSPS) is 25.1. The molecule has 0 aliphatic carbocycles. The molecule has 2 unspecified atom stereocenters. The number of hydrogen-bond acceptors (Lipinski definition) is 8. The monoisotopic (exact) mass is 425 g/mol. The second kappa shape index (κ2) is 7.56. The van der Waals surface area contributed by atoms with Crippen LogP contribution in [0.15, 0.2) is 33.6 Å². The fraction of sp³-hybridized carbons (Fsp3) is 0.455. The minimum absolute atomic E-state index is 0.106. The van der Waals surface area contributed by atoms with E-state index in [2.05, 4.69) is 20.5 Å². The molecule has 5 rings (SSSR count). The SMILES string of the molecule is CCc1cc(=O)c2cc(-c3ncc(N(C)[C@@H]4CC5CCC(N5)[C@@H]4F)nn3)c(O)cc2o1. The lowest BCUT2D eigenvalue weighted by Crippen LogP contribution is -2.55. The Bertz CT molecular complexity index is 1180. The van der Waals surface area contributed by atoms with Crippen LogP contribution in [0.3, 0.4) is 0 Å². The minimum Gasteiger partial charge on any atom is -0.507 e. The Labute approximate surface area is 178 Å². The van der Waals surface area contributed by atoms with E-state index in [0.29, 0.717) is 41.4 Å². The highest BCUT2D eigenvalue weighted by atomic mass is 19.1. The summed E-state index contributed by atoms with van der Waals surface area (Å²) in [4.78, 5) is 18.5. The van der Waals surface area contributed by atoms with Crippen molar-refractivity contribution in [3.8, 4) is 17.1 Å². The quantitative estimate of drug-likeness (QED) is 0.657. The number of piperidine rings is 1. The molecule has 4 heterocycles. The molecule has 3 aromatic rings. The molecule has 1 aromatic carbocycles. The van der Waals surface area contributed by atoms with Crippen LogP contribution in [-0.2, 0) is 6.42 Å². The van der Waals surface area contributed by atoms with Crippen LogP contribution in [-0.4, -0.2) is 51.6 Å². The van der Waals surface area contributed by atoms with E-state index >= 15 is 0 Å². The van der Waals surface area contributed by atoms with E-state index in [1.165, 1.54) is 24.4 Å². The van der Waals surface area contributed by atoms with E-state index in [0.717, 1.165) is 12.8 Å². The van der Waals surface area contributed by atoms with Gasteiger partial charge < -0.3 is 19.7 Å². The number of phenols is 1. The summed E-state index contributed by atoms with van der Waals surface area (Å²) in [5.41, 5.74) is 0.400. The van der Waals surface area contributed by atoms with Gasteiger partial charge in [-0.05, 0) is 25.3 Å². The van der Waals surface area contributed by atoms with Gasteiger partial charge in [-0.15, -0.1) is 10.2 Å². The van der Waals surface area contributed by atoms with Crippen LogP contribution in [0.1, 0.15) is 31.9 Å². The molecular weight excluding hydrogens is 401 g/mol. The topological polar surface area (TPSA) is 104 Å². The number of aryl methyl sites for hydroxylation is 1. The molecule has 162 valence electrons. The molecule has 2 aromatic heterocycles. The molecule has 2 N–H and O–H groups in total. The number of nitrogens with zero attached hydrogens (tertiary/aromatic N) is 4. The highest BCUT2D eigenvalue weighted by molar-refractivity contribution is 5.85. The van der Waals surface area contributed by atoms with Gasteiger partial charge in [0.2, 0.25) is 0 Å². The van der Waals surface area contributed by atoms with Gasteiger partial charge in [0, 0.05) is 37.7 Å². The van der Waals surface area contributed by atoms with Crippen molar-refractivity contribution in [3.63, 3.8) is 0 Å². The molecule has 2 aliphatic heterocycles. The molecular formula is C22H24FN5O3. The zero-order chi connectivity index (χ0) is 21.7. The van der Waals surface area contributed by atoms with Gasteiger partial charge in [-0.1, -0.05) is 6.92 Å². The highest BCUT2D eigenvalue weighted by Gasteiger charge is 2.43. The molecule has 2 aliphatic rings. The van der Waals surface area contributed by atoms with Gasteiger partial charge in [-0.25, -0.2) is 9.37 Å². The van der Waals surface area contributed by atoms with Gasteiger partial charge in [0.05, 0.1) is 23.2 Å². The van der Waals surface area contributed by atoms with Gasteiger partial charge in [0.25, 0.3) is 0 Å². The Kier molecular flexibility index (Phi) is 4.85. The maximum Gasteiger partial charge on any atom is 0.192 e. The first-order valence-corrected chi connectivity index (χ1v) is 10.6. The number of phenolic OH excluding ortho intramolecular Hbond substituents is 1. The average Bonchev–Trinajstić information content (AvgIpc) is 3.19. The van der Waals surface area contributed by atoms with Gasteiger partial charge in [0.15, 0.2) is 17.1 Å². The maximum absolute atomic E-state index is 14.9. The zero-order valence-corrected chi connectivity index (χ0v) is 17.4. The number of rotatable bonds is 4. The van der Waals surface area contributed by atoms with Crippen molar-refractivity contribution >= 4 is 16.8 Å². The van der Waals surface area contributed by atoms with Crippen LogP contribution in [0.4, 0.5) is 10.2 Å². The molecule has 0 spiro atoms. The number of benzene rings is 1. The van der Waals surface area contributed by atoms with E-state index in [1.54, 1.807) is 11.9 Å². The Morgan fingerprint density at radius 1 is 1.29 bits per heavy atom. The van der Waals surface area contributed by atoms with E-state index < -0.39 is 6.17 Å². The molecule has 9 heteroatoms. The van der Waals surface area contributed by atoms with Crippen LogP contribution in [0, 0.1) is 0 Å². The molecule has 0 radical (unpaired) electrons. The number of aromatic hydroxyl groups is 1. The predicted molar refractivity (Wildman–Crippen MR) is 114 cm³/mol. The maximum atomic E-state index is 14.9. The van der Waals surface area contributed by atoms with E-state index in [1.807, 2.05) is 6.92 Å². The summed E-state index contributed by atoms with van der Waals surface area (Å²) in [6, 6.07) is 4.29. The summed E-state index contributed by atoms with van der Waals surface area (Å²) in [6.45, 7) is 1.89. The summed E-state index contributed by atoms with van der Waals surface area (Å²) in [5, 5.41) is 22.5. The Balaban J connectivity index is 1.44. The minimum atomic E-state index is -0.984. The van der Waals surface area contributed by atoms with Crippen molar-refractivity contribution in [3.05, 3.63) is 40.4 Å². The first-order chi connectivity index (χ1) is 14.9. The standard InChI is InChI=1S/C22H24FN5O3/c1-3-12-7-17(29)13-8-14(18(30)9-19(13)31-12)22-24-10-20(26-27-22)28(2)16-6-11-4-5-15(25-11)21(16)23/h7-11,15-16,21,25,30H,3-6H2,1-2H3/t11?,15?,16-,21+/m1/s1. The number of anilines is 1. The van der Waals surface area contributed by atoms with E-state index in [9.17, 15) is 14.3 Å². The molecule has 0 amide bonds. The number of halogens is 1. The van der Waals surface area contributed by atoms with Crippen LogP contribution in [0.25, 0.3) is 22.4 Å². The summed E-state index contributed by atoms with van der Waals surface area (Å²) >= 11 is 0. The number of aromatic nitrogens is 3. The summed E-state index contributed by atoms with van der Waals surface area (Å²) in [6.07, 6.45) is 3.67. The number of alkyl halides is 1. The molecule has 0 saturated carbocycles. The van der Waals surface area contributed by atoms with E-state index in [-0.39, 0.29) is 34.6 Å². The van der Waals surface area contributed by atoms with Gasteiger partial charge in [-0.2, -0.15) is 0 Å². The lowest BCUT2D eigenvalue weighted by molar-refractivity contribution is 0.176. The largest absolute Gasteiger partial charge is 0.507 e. The number of hydrogen-bond donors (Lipinski definition) is 2. The summed E-state index contributed by atoms with van der Waals surface area (Å²) in [5.74, 6) is 1.08. The Hall–Kier alpha value is -3.07. The molecule has 31 heavy (non-hydrogen) atoms. The van der Waals surface area contributed by atoms with Crippen molar-refractivity contribution in [2.45, 2.75) is 56.9 Å². The third-order valence-electron chi connectivity index (χ3n) is 6.45. The van der Waals surface area contributed by atoms with Crippen molar-refractivity contribution in [1.29, 1.82) is 0 Å². The van der Waals surface area contributed by atoms with Crippen LogP contribution >= 0.6 is 0 Å². The zero-order valence-electron chi connectivity index (χ0n) is 17.4. The predicted octanol–water partition coefficient (Wildman–Crippen LogP) is 2.58. The molecule has 2 bridgehead atoms. The van der Waals surface area contributed by atoms with Crippen LogP contribution in [0.5, 0.6) is 5.75 Å². The highest BCUT2D eigenvalue weighted by Crippen LogP contribution is 2.34. The first kappa shape index (κ1) is 19.9. The third-order valence-corrected chi connectivity index (χ3v) is 6.45. The van der Waals surface area contributed by atoms with Gasteiger partial charge >= 0.3 is 0 Å². The summed E-state index contributed by atoms with van der Waals surface area (Å²) in [7, 11) is 1.80. The van der Waals surface area contributed by atoms with Crippen LogP contribution < -0.4 is 15.6 Å². The fourth-order valence-electron chi connectivity index (χ4n) is 4.67. The fourth-order valence-corrected chi connectivity index (χ4v) is 4.67. The van der Waals surface area contributed by atoms with Crippen molar-refractivity contribution in [1.82, 2.24) is 20.5 Å². The smallest absolute Gasteiger partial charge is 0.192 e.